The van der Waals surface area contributed by atoms with E-state index in [0.29, 0.717) is 15.1 Å². The molecule has 0 saturated carbocycles. The Labute approximate surface area is 137 Å². The number of thioether (sulfide) groups is 1. The molecule has 0 atom stereocenters. The number of aliphatic imine (C=N–C) groups is 1. The van der Waals surface area contributed by atoms with Crippen LogP contribution in [0.4, 0.5) is 5.69 Å². The van der Waals surface area contributed by atoms with E-state index in [1.165, 1.54) is 11.8 Å². The Morgan fingerprint density at radius 1 is 1.36 bits per heavy atom. The summed E-state index contributed by atoms with van der Waals surface area (Å²) in [4.78, 5) is 17.1. The zero-order valence-electron chi connectivity index (χ0n) is 12.1. The molecular formula is C16H14ClN3OS. The highest BCUT2D eigenvalue weighted by Crippen LogP contribution is 2.31. The van der Waals surface area contributed by atoms with E-state index in [4.69, 9.17) is 11.6 Å². The van der Waals surface area contributed by atoms with Crippen LogP contribution in [0.25, 0.3) is 6.08 Å². The summed E-state index contributed by atoms with van der Waals surface area (Å²) < 4.78 is 1.94. The van der Waals surface area contributed by atoms with Crippen molar-refractivity contribution in [2.75, 3.05) is 0 Å². The molecule has 0 unspecified atom stereocenters. The van der Waals surface area contributed by atoms with Crippen LogP contribution < -0.4 is 5.32 Å². The summed E-state index contributed by atoms with van der Waals surface area (Å²) >= 11 is 7.42. The standard InChI is InChI=1S/C16H14ClN3OS/c1-10-12(17)4-3-5-13(10)18-16-19-15(21)14(22-16)8-11-6-7-20(2)9-11/h3-9H,1-2H3,(H,18,19,21)/b14-8+. The maximum absolute atomic E-state index is 12.0. The molecule has 2 heterocycles. The second kappa shape index (κ2) is 6.02. The SMILES string of the molecule is Cc1c(Cl)cccc1N=C1NC(=O)/C(=C\c2ccn(C)c2)S1. The first-order chi connectivity index (χ1) is 10.5. The molecule has 1 amide bonds. The molecule has 1 aliphatic rings. The number of carbonyl (C=O) groups is 1. The molecule has 6 heteroatoms. The van der Waals surface area contributed by atoms with Crippen LogP contribution in [0.15, 0.2) is 46.6 Å². The number of rotatable bonds is 2. The minimum absolute atomic E-state index is 0.132. The Kier molecular flexibility index (Phi) is 4.09. The van der Waals surface area contributed by atoms with Crippen molar-refractivity contribution in [2.24, 2.45) is 12.0 Å². The predicted molar refractivity (Wildman–Crippen MR) is 92.4 cm³/mol. The van der Waals surface area contributed by atoms with Crippen LogP contribution in [0.1, 0.15) is 11.1 Å². The number of hydrogen-bond donors (Lipinski definition) is 1. The molecule has 0 spiro atoms. The van der Waals surface area contributed by atoms with Gasteiger partial charge in [-0.2, -0.15) is 0 Å². The maximum atomic E-state index is 12.0. The first kappa shape index (κ1) is 14.9. The third kappa shape index (κ3) is 3.10. The van der Waals surface area contributed by atoms with Gasteiger partial charge in [-0.15, -0.1) is 0 Å². The molecular weight excluding hydrogens is 318 g/mol. The third-order valence-electron chi connectivity index (χ3n) is 3.26. The highest BCUT2D eigenvalue weighted by Gasteiger charge is 2.24. The quantitative estimate of drug-likeness (QED) is 0.849. The van der Waals surface area contributed by atoms with E-state index in [2.05, 4.69) is 10.3 Å². The van der Waals surface area contributed by atoms with Gasteiger partial charge in [0, 0.05) is 24.5 Å². The molecule has 1 fully saturated rings. The van der Waals surface area contributed by atoms with Gasteiger partial charge in [0.2, 0.25) is 0 Å². The molecule has 0 bridgehead atoms. The molecule has 1 N–H and O–H groups in total. The van der Waals surface area contributed by atoms with Crippen molar-refractivity contribution >= 4 is 46.2 Å². The zero-order chi connectivity index (χ0) is 15.7. The topological polar surface area (TPSA) is 46.4 Å². The number of aryl methyl sites for hydroxylation is 1. The van der Waals surface area contributed by atoms with E-state index < -0.39 is 0 Å². The van der Waals surface area contributed by atoms with Gasteiger partial charge < -0.3 is 9.88 Å². The summed E-state index contributed by atoms with van der Waals surface area (Å²) in [7, 11) is 1.94. The van der Waals surface area contributed by atoms with E-state index in [0.717, 1.165) is 16.8 Å². The predicted octanol–water partition coefficient (Wildman–Crippen LogP) is 3.88. The Morgan fingerprint density at radius 3 is 2.91 bits per heavy atom. The third-order valence-corrected chi connectivity index (χ3v) is 4.58. The van der Waals surface area contributed by atoms with Gasteiger partial charge in [-0.25, -0.2) is 4.99 Å². The molecule has 1 aromatic heterocycles. The minimum Gasteiger partial charge on any atom is -0.357 e. The minimum atomic E-state index is -0.132. The van der Waals surface area contributed by atoms with Crippen LogP contribution in [-0.2, 0) is 11.8 Å². The van der Waals surface area contributed by atoms with Gasteiger partial charge in [0.15, 0.2) is 5.17 Å². The second-order valence-electron chi connectivity index (χ2n) is 4.98. The summed E-state index contributed by atoms with van der Waals surface area (Å²) in [5.41, 5.74) is 2.64. The fourth-order valence-corrected chi connectivity index (χ4v) is 3.07. The smallest absolute Gasteiger partial charge is 0.264 e. The number of benzene rings is 1. The van der Waals surface area contributed by atoms with E-state index in [1.54, 1.807) is 0 Å². The van der Waals surface area contributed by atoms with Crippen LogP contribution in [0.2, 0.25) is 5.02 Å². The fourth-order valence-electron chi connectivity index (χ4n) is 2.07. The van der Waals surface area contributed by atoms with Crippen molar-refractivity contribution in [1.29, 1.82) is 0 Å². The fraction of sp³-hybridized carbons (Fsp3) is 0.125. The number of carbonyl (C=O) groups excluding carboxylic acids is 1. The summed E-state index contributed by atoms with van der Waals surface area (Å²) in [5, 5.41) is 4.01. The number of amidine groups is 1. The lowest BCUT2D eigenvalue weighted by Gasteiger charge is -2.02. The van der Waals surface area contributed by atoms with Gasteiger partial charge >= 0.3 is 0 Å². The Hall–Kier alpha value is -1.98. The van der Waals surface area contributed by atoms with Crippen LogP contribution in [0, 0.1) is 6.92 Å². The number of aromatic nitrogens is 1. The van der Waals surface area contributed by atoms with Gasteiger partial charge in [0.1, 0.15) is 0 Å². The van der Waals surface area contributed by atoms with Crippen molar-refractivity contribution in [2.45, 2.75) is 6.92 Å². The van der Waals surface area contributed by atoms with Crippen molar-refractivity contribution in [1.82, 2.24) is 9.88 Å². The lowest BCUT2D eigenvalue weighted by molar-refractivity contribution is -0.115. The van der Waals surface area contributed by atoms with Crippen LogP contribution in [0.3, 0.4) is 0 Å². The van der Waals surface area contributed by atoms with Crippen LogP contribution >= 0.6 is 23.4 Å². The summed E-state index contributed by atoms with van der Waals surface area (Å²) in [6, 6.07) is 7.50. The monoisotopic (exact) mass is 331 g/mol. The second-order valence-corrected chi connectivity index (χ2v) is 6.41. The molecule has 1 saturated heterocycles. The zero-order valence-corrected chi connectivity index (χ0v) is 13.7. The highest BCUT2D eigenvalue weighted by atomic mass is 35.5. The average molecular weight is 332 g/mol. The van der Waals surface area contributed by atoms with Gasteiger partial charge in [-0.1, -0.05) is 17.7 Å². The van der Waals surface area contributed by atoms with E-state index >= 15 is 0 Å². The molecule has 1 aromatic carbocycles. The van der Waals surface area contributed by atoms with Gasteiger partial charge in [-0.3, -0.25) is 4.79 Å². The van der Waals surface area contributed by atoms with Crippen molar-refractivity contribution in [3.05, 3.63) is 57.7 Å². The number of nitrogens with zero attached hydrogens (tertiary/aromatic N) is 2. The van der Waals surface area contributed by atoms with Gasteiger partial charge in [0.25, 0.3) is 5.91 Å². The number of hydrogen-bond acceptors (Lipinski definition) is 3. The van der Waals surface area contributed by atoms with E-state index in [1.807, 2.05) is 61.3 Å². The summed E-state index contributed by atoms with van der Waals surface area (Å²) in [5.74, 6) is -0.132. The Bertz CT molecular complexity index is 807. The van der Waals surface area contributed by atoms with Crippen molar-refractivity contribution in [3.63, 3.8) is 0 Å². The first-order valence-corrected chi connectivity index (χ1v) is 7.89. The van der Waals surface area contributed by atoms with Gasteiger partial charge in [0.05, 0.1) is 10.6 Å². The number of nitrogens with one attached hydrogen (secondary N) is 1. The van der Waals surface area contributed by atoms with E-state index in [-0.39, 0.29) is 5.91 Å². The molecule has 2 aromatic rings. The van der Waals surface area contributed by atoms with Crippen LogP contribution in [0.5, 0.6) is 0 Å². The van der Waals surface area contributed by atoms with E-state index in [9.17, 15) is 4.79 Å². The molecule has 112 valence electrons. The lowest BCUT2D eigenvalue weighted by atomic mass is 10.2. The van der Waals surface area contributed by atoms with Crippen molar-refractivity contribution in [3.8, 4) is 0 Å². The summed E-state index contributed by atoms with van der Waals surface area (Å²) in [6.07, 6.45) is 5.75. The highest BCUT2D eigenvalue weighted by molar-refractivity contribution is 8.18. The van der Waals surface area contributed by atoms with Crippen molar-refractivity contribution < 1.29 is 4.79 Å². The number of amides is 1. The van der Waals surface area contributed by atoms with Gasteiger partial charge in [-0.05, 0) is 54.1 Å². The molecule has 1 aliphatic heterocycles. The maximum Gasteiger partial charge on any atom is 0.264 e. The number of halogens is 1. The normalized spacial score (nSPS) is 18.2. The Morgan fingerprint density at radius 2 is 2.18 bits per heavy atom. The molecule has 0 aliphatic carbocycles. The Balaban J connectivity index is 1.87. The lowest BCUT2D eigenvalue weighted by Crippen LogP contribution is -2.19. The van der Waals surface area contributed by atoms with Crippen LogP contribution in [-0.4, -0.2) is 15.6 Å². The first-order valence-electron chi connectivity index (χ1n) is 6.69. The molecule has 22 heavy (non-hydrogen) atoms. The average Bonchev–Trinajstić information content (AvgIpc) is 3.02. The summed E-state index contributed by atoms with van der Waals surface area (Å²) in [6.45, 7) is 1.91. The largest absolute Gasteiger partial charge is 0.357 e. The molecule has 4 nitrogen and oxygen atoms in total. The molecule has 0 radical (unpaired) electrons. The molecule has 3 rings (SSSR count).